The van der Waals surface area contributed by atoms with Crippen molar-refractivity contribution >= 4 is 5.91 Å². The normalized spacial score (nSPS) is 18.7. The van der Waals surface area contributed by atoms with Crippen molar-refractivity contribution in [3.63, 3.8) is 0 Å². The Bertz CT molecular complexity index is 513. The number of aromatic nitrogens is 2. The van der Waals surface area contributed by atoms with Crippen molar-refractivity contribution in [3.8, 4) is 0 Å². The zero-order chi connectivity index (χ0) is 16.8. The number of nitrogens with zero attached hydrogens (tertiary/aromatic N) is 3. The number of methoxy groups -OCH3 is 1. The van der Waals surface area contributed by atoms with E-state index in [-0.39, 0.29) is 5.91 Å². The second-order valence-corrected chi connectivity index (χ2v) is 6.58. The highest BCUT2D eigenvalue weighted by Crippen LogP contribution is 2.16. The van der Waals surface area contributed by atoms with Crippen molar-refractivity contribution in [1.82, 2.24) is 20.0 Å². The molecule has 6 nitrogen and oxygen atoms in total. The third-order valence-electron chi connectivity index (χ3n) is 4.46. The molecule has 1 fully saturated rings. The molecule has 23 heavy (non-hydrogen) atoms. The van der Waals surface area contributed by atoms with Crippen LogP contribution in [0.15, 0.2) is 6.07 Å². The summed E-state index contributed by atoms with van der Waals surface area (Å²) in [5.74, 6) is 0.846. The van der Waals surface area contributed by atoms with Gasteiger partial charge in [0.1, 0.15) is 5.69 Å². The SMILES string of the molecule is CCn1nc(C(C)C)cc1C(=O)NC[C@H]1CCN(CCOC)C1. The molecule has 1 atom stereocenters. The van der Waals surface area contributed by atoms with E-state index in [4.69, 9.17) is 4.74 Å². The first-order chi connectivity index (χ1) is 11.0. The minimum absolute atomic E-state index is 0.0124. The number of amides is 1. The van der Waals surface area contributed by atoms with Gasteiger partial charge in [-0.05, 0) is 37.8 Å². The lowest BCUT2D eigenvalue weighted by molar-refractivity contribution is 0.0936. The number of rotatable bonds is 8. The molecule has 2 heterocycles. The zero-order valence-electron chi connectivity index (χ0n) is 14.8. The van der Waals surface area contributed by atoms with Gasteiger partial charge in [-0.2, -0.15) is 5.10 Å². The van der Waals surface area contributed by atoms with Crippen LogP contribution in [0.1, 0.15) is 49.3 Å². The standard InChI is InChI=1S/C17H30N4O2/c1-5-21-16(10-15(19-21)13(2)3)17(22)18-11-14-6-7-20(12-14)8-9-23-4/h10,13-14H,5-9,11-12H2,1-4H3,(H,18,22)/t14-/m1/s1. The number of hydrogen-bond acceptors (Lipinski definition) is 4. The Morgan fingerprint density at radius 1 is 1.52 bits per heavy atom. The van der Waals surface area contributed by atoms with Crippen LogP contribution in [0.2, 0.25) is 0 Å². The van der Waals surface area contributed by atoms with Gasteiger partial charge in [-0.3, -0.25) is 9.48 Å². The number of hydrogen-bond donors (Lipinski definition) is 1. The molecule has 2 rings (SSSR count). The van der Waals surface area contributed by atoms with Gasteiger partial charge < -0.3 is 15.0 Å². The van der Waals surface area contributed by atoms with E-state index < -0.39 is 0 Å². The maximum Gasteiger partial charge on any atom is 0.269 e. The summed E-state index contributed by atoms with van der Waals surface area (Å²) in [6, 6.07) is 1.92. The molecule has 0 aromatic carbocycles. The summed E-state index contributed by atoms with van der Waals surface area (Å²) in [6.45, 7) is 11.5. The molecule has 1 aromatic rings. The second-order valence-electron chi connectivity index (χ2n) is 6.58. The molecule has 1 saturated heterocycles. The highest BCUT2D eigenvalue weighted by Gasteiger charge is 2.23. The average Bonchev–Trinajstić information content (AvgIpc) is 3.17. The van der Waals surface area contributed by atoms with Gasteiger partial charge in [0.2, 0.25) is 0 Å². The van der Waals surface area contributed by atoms with Crippen molar-refractivity contribution in [1.29, 1.82) is 0 Å². The Kier molecular flexibility index (Phi) is 6.59. The van der Waals surface area contributed by atoms with E-state index in [1.54, 1.807) is 11.8 Å². The Morgan fingerprint density at radius 3 is 2.96 bits per heavy atom. The highest BCUT2D eigenvalue weighted by atomic mass is 16.5. The molecule has 0 bridgehead atoms. The molecular formula is C17H30N4O2. The summed E-state index contributed by atoms with van der Waals surface area (Å²) in [5, 5.41) is 7.60. The number of carbonyl (C=O) groups is 1. The predicted octanol–water partition coefficient (Wildman–Crippen LogP) is 1.72. The van der Waals surface area contributed by atoms with E-state index in [2.05, 4.69) is 29.2 Å². The van der Waals surface area contributed by atoms with Crippen molar-refractivity contribution in [2.24, 2.45) is 5.92 Å². The maximum atomic E-state index is 12.5. The lowest BCUT2D eigenvalue weighted by atomic mass is 10.1. The van der Waals surface area contributed by atoms with E-state index >= 15 is 0 Å². The highest BCUT2D eigenvalue weighted by molar-refractivity contribution is 5.92. The largest absolute Gasteiger partial charge is 0.383 e. The van der Waals surface area contributed by atoms with Crippen LogP contribution in [0.5, 0.6) is 0 Å². The topological polar surface area (TPSA) is 59.4 Å². The third-order valence-corrected chi connectivity index (χ3v) is 4.46. The summed E-state index contributed by atoms with van der Waals surface area (Å²) < 4.78 is 6.92. The van der Waals surface area contributed by atoms with E-state index in [0.717, 1.165) is 44.9 Å². The summed E-state index contributed by atoms with van der Waals surface area (Å²) in [7, 11) is 1.73. The fourth-order valence-electron chi connectivity index (χ4n) is 2.97. The number of ether oxygens (including phenoxy) is 1. The predicted molar refractivity (Wildman–Crippen MR) is 90.7 cm³/mol. The lowest BCUT2D eigenvalue weighted by Gasteiger charge is -2.15. The average molecular weight is 322 g/mol. The second kappa shape index (κ2) is 8.45. The molecule has 0 spiro atoms. The number of aryl methyl sites for hydroxylation is 1. The van der Waals surface area contributed by atoms with E-state index in [1.165, 1.54) is 0 Å². The molecule has 1 N–H and O–H groups in total. The number of carbonyl (C=O) groups excluding carboxylic acids is 1. The molecule has 1 aliphatic heterocycles. The maximum absolute atomic E-state index is 12.5. The quantitative estimate of drug-likeness (QED) is 0.792. The Labute approximate surface area is 139 Å². The molecule has 1 aliphatic rings. The van der Waals surface area contributed by atoms with E-state index in [0.29, 0.717) is 24.1 Å². The van der Waals surface area contributed by atoms with Crippen LogP contribution >= 0.6 is 0 Å². The first-order valence-electron chi connectivity index (χ1n) is 8.62. The van der Waals surface area contributed by atoms with Crippen LogP contribution in [0.25, 0.3) is 0 Å². The summed E-state index contributed by atoms with van der Waals surface area (Å²) in [4.78, 5) is 14.9. The summed E-state index contributed by atoms with van der Waals surface area (Å²) in [5.41, 5.74) is 1.65. The Balaban J connectivity index is 1.86. The summed E-state index contributed by atoms with van der Waals surface area (Å²) >= 11 is 0. The molecule has 0 radical (unpaired) electrons. The Morgan fingerprint density at radius 2 is 2.30 bits per heavy atom. The molecule has 0 saturated carbocycles. The Hall–Kier alpha value is -1.40. The van der Waals surface area contributed by atoms with Gasteiger partial charge in [-0.25, -0.2) is 0 Å². The van der Waals surface area contributed by atoms with E-state index in [1.807, 2.05) is 13.0 Å². The van der Waals surface area contributed by atoms with Crippen LogP contribution in [-0.4, -0.2) is 60.5 Å². The van der Waals surface area contributed by atoms with Crippen LogP contribution in [-0.2, 0) is 11.3 Å². The summed E-state index contributed by atoms with van der Waals surface area (Å²) in [6.07, 6.45) is 1.13. The smallest absolute Gasteiger partial charge is 0.269 e. The third kappa shape index (κ3) is 4.78. The van der Waals surface area contributed by atoms with Crippen molar-refractivity contribution in [3.05, 3.63) is 17.5 Å². The molecular weight excluding hydrogens is 292 g/mol. The monoisotopic (exact) mass is 322 g/mol. The van der Waals surface area contributed by atoms with Crippen LogP contribution in [0.4, 0.5) is 0 Å². The van der Waals surface area contributed by atoms with E-state index in [9.17, 15) is 4.79 Å². The molecule has 6 heteroatoms. The fourth-order valence-corrected chi connectivity index (χ4v) is 2.97. The molecule has 1 aromatic heterocycles. The van der Waals surface area contributed by atoms with Crippen LogP contribution < -0.4 is 5.32 Å². The molecule has 0 unspecified atom stereocenters. The first-order valence-corrected chi connectivity index (χ1v) is 8.62. The first kappa shape index (κ1) is 17.9. The van der Waals surface area contributed by atoms with Gasteiger partial charge in [-0.1, -0.05) is 13.8 Å². The fraction of sp³-hybridized carbons (Fsp3) is 0.765. The number of nitrogens with one attached hydrogen (secondary N) is 1. The van der Waals surface area contributed by atoms with Crippen LogP contribution in [0, 0.1) is 5.92 Å². The van der Waals surface area contributed by atoms with Gasteiger partial charge in [-0.15, -0.1) is 0 Å². The van der Waals surface area contributed by atoms with Crippen molar-refractivity contribution in [2.45, 2.75) is 39.7 Å². The van der Waals surface area contributed by atoms with Gasteiger partial charge in [0.25, 0.3) is 5.91 Å². The van der Waals surface area contributed by atoms with Gasteiger partial charge in [0.15, 0.2) is 0 Å². The van der Waals surface area contributed by atoms with Gasteiger partial charge >= 0.3 is 0 Å². The molecule has 0 aliphatic carbocycles. The molecule has 130 valence electrons. The minimum Gasteiger partial charge on any atom is -0.383 e. The minimum atomic E-state index is -0.0124. The lowest BCUT2D eigenvalue weighted by Crippen LogP contribution is -2.32. The number of likely N-dealkylation sites (tertiary alicyclic amines) is 1. The van der Waals surface area contributed by atoms with Gasteiger partial charge in [0, 0.05) is 33.3 Å². The van der Waals surface area contributed by atoms with Crippen molar-refractivity contribution < 1.29 is 9.53 Å². The molecule has 1 amide bonds. The zero-order valence-corrected chi connectivity index (χ0v) is 14.8. The van der Waals surface area contributed by atoms with Crippen LogP contribution in [0.3, 0.4) is 0 Å². The van der Waals surface area contributed by atoms with Crippen molar-refractivity contribution in [2.75, 3.05) is 39.9 Å². The van der Waals surface area contributed by atoms with Gasteiger partial charge in [0.05, 0.1) is 12.3 Å².